The molecular weight excluding hydrogens is 248 g/mol. The first-order chi connectivity index (χ1) is 8.70. The third kappa shape index (κ3) is 2.92. The van der Waals surface area contributed by atoms with Crippen LogP contribution in [0, 0.1) is 0 Å². The lowest BCUT2D eigenvalue weighted by atomic mass is 10.2. The molecule has 94 valence electrons. The number of hydrogen-bond donors (Lipinski definition) is 2. The second kappa shape index (κ2) is 5.73. The fourth-order valence-electron chi connectivity index (χ4n) is 1.65. The Morgan fingerprint density at radius 3 is 3.06 bits per heavy atom. The van der Waals surface area contributed by atoms with Crippen LogP contribution in [0.4, 0.5) is 5.69 Å². The van der Waals surface area contributed by atoms with Crippen LogP contribution in [0.25, 0.3) is 0 Å². The zero-order valence-electron chi connectivity index (χ0n) is 9.81. The summed E-state index contributed by atoms with van der Waals surface area (Å²) in [5, 5.41) is 5.11. The molecule has 0 spiro atoms. The first-order valence-corrected chi connectivity index (χ1v) is 6.53. The number of hydrogen-bond acceptors (Lipinski definition) is 3. The van der Waals surface area contributed by atoms with Crippen molar-refractivity contribution >= 4 is 29.3 Å². The SMILES string of the molecule is C=CCNC(=O)C[C@H]1Sc2ccccc2NC1=O. The van der Waals surface area contributed by atoms with Crippen molar-refractivity contribution in [3.8, 4) is 0 Å². The van der Waals surface area contributed by atoms with Gasteiger partial charge >= 0.3 is 0 Å². The van der Waals surface area contributed by atoms with Gasteiger partial charge in [0.25, 0.3) is 0 Å². The molecule has 1 heterocycles. The third-order valence-corrected chi connectivity index (χ3v) is 3.80. The fraction of sp³-hybridized carbons (Fsp3) is 0.231. The molecule has 0 radical (unpaired) electrons. The molecule has 1 aliphatic rings. The number of carbonyl (C=O) groups excluding carboxylic acids is 2. The van der Waals surface area contributed by atoms with Crippen LogP contribution in [0.1, 0.15) is 6.42 Å². The van der Waals surface area contributed by atoms with Crippen LogP contribution >= 0.6 is 11.8 Å². The van der Waals surface area contributed by atoms with Crippen LogP contribution in [-0.4, -0.2) is 23.6 Å². The molecule has 1 atom stereocenters. The second-order valence-corrected chi connectivity index (χ2v) is 5.13. The molecule has 0 aliphatic carbocycles. The highest BCUT2D eigenvalue weighted by molar-refractivity contribution is 8.01. The fourth-order valence-corrected chi connectivity index (χ4v) is 2.76. The Bertz CT molecular complexity index is 488. The lowest BCUT2D eigenvalue weighted by Crippen LogP contribution is -2.34. The van der Waals surface area contributed by atoms with Crippen molar-refractivity contribution in [2.45, 2.75) is 16.6 Å². The van der Waals surface area contributed by atoms with Crippen molar-refractivity contribution in [3.63, 3.8) is 0 Å². The van der Waals surface area contributed by atoms with E-state index in [0.717, 1.165) is 10.6 Å². The Labute approximate surface area is 110 Å². The molecule has 5 heteroatoms. The Hall–Kier alpha value is -1.75. The van der Waals surface area contributed by atoms with Gasteiger partial charge in [0.2, 0.25) is 11.8 Å². The number of fused-ring (bicyclic) bond motifs is 1. The topological polar surface area (TPSA) is 58.2 Å². The number of nitrogens with one attached hydrogen (secondary N) is 2. The Kier molecular flexibility index (Phi) is 4.04. The number of para-hydroxylation sites is 1. The molecule has 0 fully saturated rings. The number of rotatable bonds is 4. The van der Waals surface area contributed by atoms with Gasteiger partial charge in [-0.05, 0) is 12.1 Å². The molecule has 0 unspecified atom stereocenters. The summed E-state index contributed by atoms with van der Waals surface area (Å²) in [6.07, 6.45) is 1.79. The standard InChI is InChI=1S/C13H14N2O2S/c1-2-7-14-12(16)8-11-13(17)15-9-5-3-4-6-10(9)18-11/h2-6,11H,1,7-8H2,(H,14,16)(H,15,17)/t11-/m1/s1. The molecule has 1 aromatic carbocycles. The van der Waals surface area contributed by atoms with Gasteiger partial charge in [-0.15, -0.1) is 18.3 Å². The summed E-state index contributed by atoms with van der Waals surface area (Å²) >= 11 is 1.43. The first kappa shape index (κ1) is 12.7. The van der Waals surface area contributed by atoms with Gasteiger partial charge in [-0.2, -0.15) is 0 Å². The van der Waals surface area contributed by atoms with Crippen molar-refractivity contribution in [1.82, 2.24) is 5.32 Å². The lowest BCUT2D eigenvalue weighted by Gasteiger charge is -2.23. The van der Waals surface area contributed by atoms with E-state index in [1.165, 1.54) is 11.8 Å². The zero-order chi connectivity index (χ0) is 13.0. The molecule has 0 bridgehead atoms. The van der Waals surface area contributed by atoms with Crippen LogP contribution in [0.15, 0.2) is 41.8 Å². The summed E-state index contributed by atoms with van der Waals surface area (Å²) in [7, 11) is 0. The third-order valence-electron chi connectivity index (χ3n) is 2.52. The molecule has 0 saturated heterocycles. The van der Waals surface area contributed by atoms with Gasteiger partial charge in [0.15, 0.2) is 0 Å². The molecule has 2 amide bonds. The minimum Gasteiger partial charge on any atom is -0.353 e. The van der Waals surface area contributed by atoms with Crippen molar-refractivity contribution in [2.75, 3.05) is 11.9 Å². The summed E-state index contributed by atoms with van der Waals surface area (Å²) in [6.45, 7) is 3.95. The molecule has 2 rings (SSSR count). The van der Waals surface area contributed by atoms with Crippen LogP contribution in [0.5, 0.6) is 0 Å². The van der Waals surface area contributed by atoms with Crippen molar-refractivity contribution in [1.29, 1.82) is 0 Å². The maximum Gasteiger partial charge on any atom is 0.238 e. The smallest absolute Gasteiger partial charge is 0.238 e. The van der Waals surface area contributed by atoms with Gasteiger partial charge in [0.1, 0.15) is 0 Å². The van der Waals surface area contributed by atoms with E-state index in [4.69, 9.17) is 0 Å². The quantitative estimate of drug-likeness (QED) is 0.813. The van der Waals surface area contributed by atoms with Crippen molar-refractivity contribution in [3.05, 3.63) is 36.9 Å². The van der Waals surface area contributed by atoms with Gasteiger partial charge < -0.3 is 10.6 Å². The lowest BCUT2D eigenvalue weighted by molar-refractivity contribution is -0.123. The molecule has 4 nitrogen and oxygen atoms in total. The van der Waals surface area contributed by atoms with E-state index in [1.807, 2.05) is 24.3 Å². The minimum atomic E-state index is -0.371. The average Bonchev–Trinajstić information content (AvgIpc) is 2.37. The van der Waals surface area contributed by atoms with Crippen LogP contribution < -0.4 is 10.6 Å². The normalized spacial score (nSPS) is 17.6. The summed E-state index contributed by atoms with van der Waals surface area (Å²) in [4.78, 5) is 24.4. The first-order valence-electron chi connectivity index (χ1n) is 5.65. The number of anilines is 1. The molecule has 2 N–H and O–H groups in total. The second-order valence-electron chi connectivity index (χ2n) is 3.89. The zero-order valence-corrected chi connectivity index (χ0v) is 10.6. The van der Waals surface area contributed by atoms with E-state index in [-0.39, 0.29) is 23.5 Å². The van der Waals surface area contributed by atoms with Gasteiger partial charge in [0.05, 0.1) is 10.9 Å². The molecule has 1 aliphatic heterocycles. The number of amides is 2. The van der Waals surface area contributed by atoms with Gasteiger partial charge in [0, 0.05) is 17.9 Å². The van der Waals surface area contributed by atoms with E-state index in [9.17, 15) is 9.59 Å². The highest BCUT2D eigenvalue weighted by atomic mass is 32.2. The Balaban J connectivity index is 2.01. The molecular formula is C13H14N2O2S. The van der Waals surface area contributed by atoms with E-state index >= 15 is 0 Å². The Morgan fingerprint density at radius 1 is 1.50 bits per heavy atom. The van der Waals surface area contributed by atoms with Crippen molar-refractivity contribution < 1.29 is 9.59 Å². The van der Waals surface area contributed by atoms with Gasteiger partial charge in [-0.1, -0.05) is 18.2 Å². The van der Waals surface area contributed by atoms with E-state index in [0.29, 0.717) is 6.54 Å². The van der Waals surface area contributed by atoms with Gasteiger partial charge in [-0.3, -0.25) is 9.59 Å². The summed E-state index contributed by atoms with van der Waals surface area (Å²) < 4.78 is 0. The van der Waals surface area contributed by atoms with E-state index < -0.39 is 0 Å². The molecule has 0 aromatic heterocycles. The summed E-state index contributed by atoms with van der Waals surface area (Å²) in [5.41, 5.74) is 0.815. The summed E-state index contributed by atoms with van der Waals surface area (Å²) in [6, 6.07) is 7.58. The van der Waals surface area contributed by atoms with Crippen LogP contribution in [-0.2, 0) is 9.59 Å². The highest BCUT2D eigenvalue weighted by Crippen LogP contribution is 2.36. The maximum atomic E-state index is 11.8. The molecule has 1 aromatic rings. The number of carbonyl (C=O) groups is 2. The van der Waals surface area contributed by atoms with Gasteiger partial charge in [-0.25, -0.2) is 0 Å². The van der Waals surface area contributed by atoms with Crippen LogP contribution in [0.3, 0.4) is 0 Å². The predicted octanol–water partition coefficient (Wildman–Crippen LogP) is 1.79. The highest BCUT2D eigenvalue weighted by Gasteiger charge is 2.28. The predicted molar refractivity (Wildman–Crippen MR) is 72.5 cm³/mol. The van der Waals surface area contributed by atoms with Crippen LogP contribution in [0.2, 0.25) is 0 Å². The molecule has 0 saturated carbocycles. The number of benzene rings is 1. The summed E-state index contributed by atoms with van der Waals surface area (Å²) in [5.74, 6) is -0.255. The Morgan fingerprint density at radius 2 is 2.28 bits per heavy atom. The molecule has 18 heavy (non-hydrogen) atoms. The average molecular weight is 262 g/mol. The number of thioether (sulfide) groups is 1. The largest absolute Gasteiger partial charge is 0.353 e. The minimum absolute atomic E-state index is 0.118. The van der Waals surface area contributed by atoms with E-state index in [1.54, 1.807) is 6.08 Å². The monoisotopic (exact) mass is 262 g/mol. The maximum absolute atomic E-state index is 11.8. The van der Waals surface area contributed by atoms with E-state index in [2.05, 4.69) is 17.2 Å². The van der Waals surface area contributed by atoms with Crippen molar-refractivity contribution in [2.24, 2.45) is 0 Å².